The normalized spacial score (nSPS) is 13.1. The molecule has 0 aliphatic carbocycles. The lowest BCUT2D eigenvalue weighted by atomic mass is 10.2. The summed E-state index contributed by atoms with van der Waals surface area (Å²) in [5.74, 6) is 0.582. The molecule has 0 radical (unpaired) electrons. The van der Waals surface area contributed by atoms with Crippen LogP contribution in [0, 0.1) is 0 Å². The summed E-state index contributed by atoms with van der Waals surface area (Å²) in [6.07, 6.45) is 3.00. The maximum absolute atomic E-state index is 11.9. The van der Waals surface area contributed by atoms with E-state index in [4.69, 9.17) is 14.3 Å². The van der Waals surface area contributed by atoms with Crippen LogP contribution < -0.4 is 9.47 Å². The highest BCUT2D eigenvalue weighted by molar-refractivity contribution is 5.90. The summed E-state index contributed by atoms with van der Waals surface area (Å²) in [5, 5.41) is 3.62. The fourth-order valence-electron chi connectivity index (χ4n) is 1.80. The van der Waals surface area contributed by atoms with E-state index in [1.54, 1.807) is 36.5 Å². The molecule has 0 saturated carbocycles. The molecule has 1 aliphatic rings. The van der Waals surface area contributed by atoms with Crippen molar-refractivity contribution in [2.75, 3.05) is 13.2 Å². The van der Waals surface area contributed by atoms with Gasteiger partial charge in [0.1, 0.15) is 13.2 Å². The number of hydrogen-bond acceptors (Lipinski definition) is 6. The second-order valence-corrected chi connectivity index (χ2v) is 4.23. The summed E-state index contributed by atoms with van der Waals surface area (Å²) in [4.78, 5) is 20.7. The molecule has 6 nitrogen and oxygen atoms in total. The molecule has 1 aromatic carbocycles. The molecule has 6 heteroatoms. The smallest absolute Gasteiger partial charge is 0.365 e. The Kier molecular flexibility index (Phi) is 3.77. The van der Waals surface area contributed by atoms with Gasteiger partial charge in [-0.05, 0) is 30.3 Å². The molecule has 1 aliphatic heterocycles. The number of pyridine rings is 1. The van der Waals surface area contributed by atoms with E-state index in [0.29, 0.717) is 36.0 Å². The van der Waals surface area contributed by atoms with Crippen LogP contribution in [0.25, 0.3) is 0 Å². The van der Waals surface area contributed by atoms with Crippen molar-refractivity contribution in [3.63, 3.8) is 0 Å². The monoisotopic (exact) mass is 284 g/mol. The van der Waals surface area contributed by atoms with Crippen LogP contribution in [0.1, 0.15) is 16.1 Å². The standard InChI is InChI=1S/C15H12N2O4/c18-15(21-17-10-12-3-1-2-6-16-12)11-4-5-13-14(9-11)20-8-7-19-13/h1-6,9-10H,7-8H2. The number of fused-ring (bicyclic) bond motifs is 1. The highest BCUT2D eigenvalue weighted by Gasteiger charge is 2.15. The first-order chi connectivity index (χ1) is 10.3. The summed E-state index contributed by atoms with van der Waals surface area (Å²) in [7, 11) is 0. The van der Waals surface area contributed by atoms with Crippen LogP contribution in [-0.4, -0.2) is 30.4 Å². The number of carbonyl (C=O) groups is 1. The maximum atomic E-state index is 11.9. The first-order valence-electron chi connectivity index (χ1n) is 6.38. The van der Waals surface area contributed by atoms with Crippen LogP contribution in [0.3, 0.4) is 0 Å². The Morgan fingerprint density at radius 1 is 1.19 bits per heavy atom. The van der Waals surface area contributed by atoms with Crippen LogP contribution in [0.2, 0.25) is 0 Å². The van der Waals surface area contributed by atoms with Crippen molar-refractivity contribution in [2.24, 2.45) is 5.16 Å². The average Bonchev–Trinajstić information content (AvgIpc) is 2.55. The summed E-state index contributed by atoms with van der Waals surface area (Å²) >= 11 is 0. The molecule has 0 spiro atoms. The average molecular weight is 284 g/mol. The minimum atomic E-state index is -0.570. The Bertz CT molecular complexity index is 671. The van der Waals surface area contributed by atoms with Gasteiger partial charge in [-0.3, -0.25) is 4.98 Å². The first kappa shape index (κ1) is 13.1. The molecule has 0 N–H and O–H groups in total. The van der Waals surface area contributed by atoms with Gasteiger partial charge in [-0.25, -0.2) is 4.79 Å². The molecule has 2 heterocycles. The molecule has 3 rings (SSSR count). The van der Waals surface area contributed by atoms with Crippen molar-refractivity contribution in [2.45, 2.75) is 0 Å². The number of carbonyl (C=O) groups excluding carboxylic acids is 1. The van der Waals surface area contributed by atoms with E-state index >= 15 is 0 Å². The maximum Gasteiger partial charge on any atom is 0.365 e. The lowest BCUT2D eigenvalue weighted by Gasteiger charge is -2.18. The largest absolute Gasteiger partial charge is 0.486 e. The number of oxime groups is 1. The lowest BCUT2D eigenvalue weighted by molar-refractivity contribution is 0.0518. The van der Waals surface area contributed by atoms with E-state index in [1.165, 1.54) is 6.21 Å². The van der Waals surface area contributed by atoms with Crippen LogP contribution in [0.4, 0.5) is 0 Å². The van der Waals surface area contributed by atoms with Crippen LogP contribution in [0.15, 0.2) is 47.8 Å². The Morgan fingerprint density at radius 2 is 2.05 bits per heavy atom. The Labute approximate surface area is 121 Å². The van der Waals surface area contributed by atoms with Gasteiger partial charge in [-0.1, -0.05) is 11.2 Å². The molecule has 0 fully saturated rings. The summed E-state index contributed by atoms with van der Waals surface area (Å²) < 4.78 is 10.8. The summed E-state index contributed by atoms with van der Waals surface area (Å²) in [5.41, 5.74) is 0.949. The van der Waals surface area contributed by atoms with Gasteiger partial charge in [0.2, 0.25) is 0 Å². The molecular formula is C15H12N2O4. The van der Waals surface area contributed by atoms with Crippen molar-refractivity contribution < 1.29 is 19.1 Å². The van der Waals surface area contributed by atoms with Gasteiger partial charge in [0.05, 0.1) is 17.5 Å². The Balaban J connectivity index is 1.67. The van der Waals surface area contributed by atoms with Crippen LogP contribution in [0.5, 0.6) is 11.5 Å². The number of ether oxygens (including phenoxy) is 2. The molecule has 0 saturated heterocycles. The molecule has 2 aromatic rings. The molecule has 21 heavy (non-hydrogen) atoms. The molecular weight excluding hydrogens is 272 g/mol. The second kappa shape index (κ2) is 6.04. The predicted molar refractivity (Wildman–Crippen MR) is 74.7 cm³/mol. The minimum absolute atomic E-state index is 0.345. The summed E-state index contributed by atoms with van der Waals surface area (Å²) in [6.45, 7) is 0.967. The van der Waals surface area contributed by atoms with Crippen LogP contribution in [-0.2, 0) is 4.84 Å². The van der Waals surface area contributed by atoms with Crippen molar-refractivity contribution in [3.8, 4) is 11.5 Å². The molecule has 1 aromatic heterocycles. The third kappa shape index (κ3) is 3.17. The van der Waals surface area contributed by atoms with Gasteiger partial charge < -0.3 is 14.3 Å². The van der Waals surface area contributed by atoms with Gasteiger partial charge >= 0.3 is 5.97 Å². The van der Waals surface area contributed by atoms with Gasteiger partial charge in [0.15, 0.2) is 11.5 Å². The topological polar surface area (TPSA) is 70.0 Å². The van der Waals surface area contributed by atoms with E-state index in [0.717, 1.165) is 0 Å². The van der Waals surface area contributed by atoms with Gasteiger partial charge in [-0.2, -0.15) is 0 Å². The Morgan fingerprint density at radius 3 is 2.86 bits per heavy atom. The van der Waals surface area contributed by atoms with Crippen molar-refractivity contribution >= 4 is 12.2 Å². The van der Waals surface area contributed by atoms with Crippen molar-refractivity contribution in [3.05, 3.63) is 53.9 Å². The molecule has 0 atom stereocenters. The fourth-order valence-corrected chi connectivity index (χ4v) is 1.80. The molecule has 106 valence electrons. The number of nitrogens with zero attached hydrogens (tertiary/aromatic N) is 2. The van der Waals surface area contributed by atoms with Crippen molar-refractivity contribution in [1.29, 1.82) is 0 Å². The number of aromatic nitrogens is 1. The van der Waals surface area contributed by atoms with E-state index < -0.39 is 5.97 Å². The SMILES string of the molecule is O=C(ON=Cc1ccccn1)c1ccc2c(c1)OCCO2. The molecule has 0 amide bonds. The number of hydrogen-bond donors (Lipinski definition) is 0. The third-order valence-electron chi connectivity index (χ3n) is 2.79. The van der Waals surface area contributed by atoms with E-state index in [-0.39, 0.29) is 0 Å². The second-order valence-electron chi connectivity index (χ2n) is 4.23. The quantitative estimate of drug-likeness (QED) is 0.490. The van der Waals surface area contributed by atoms with Crippen LogP contribution >= 0.6 is 0 Å². The third-order valence-corrected chi connectivity index (χ3v) is 2.79. The zero-order chi connectivity index (χ0) is 14.5. The molecule has 0 bridgehead atoms. The van der Waals surface area contributed by atoms with Crippen molar-refractivity contribution in [1.82, 2.24) is 4.98 Å². The number of rotatable bonds is 3. The first-order valence-corrected chi connectivity index (χ1v) is 6.38. The predicted octanol–water partition coefficient (Wildman–Crippen LogP) is 2.04. The lowest BCUT2D eigenvalue weighted by Crippen LogP contribution is -2.15. The van der Waals surface area contributed by atoms with Gasteiger partial charge in [0, 0.05) is 6.20 Å². The fraction of sp³-hybridized carbons (Fsp3) is 0.133. The summed E-state index contributed by atoms with van der Waals surface area (Å²) in [6, 6.07) is 10.2. The van der Waals surface area contributed by atoms with E-state index in [1.807, 2.05) is 6.07 Å². The molecule has 0 unspecified atom stereocenters. The van der Waals surface area contributed by atoms with Gasteiger partial charge in [-0.15, -0.1) is 0 Å². The zero-order valence-corrected chi connectivity index (χ0v) is 11.1. The number of benzene rings is 1. The van der Waals surface area contributed by atoms with E-state index in [2.05, 4.69) is 10.1 Å². The van der Waals surface area contributed by atoms with E-state index in [9.17, 15) is 4.79 Å². The highest BCUT2D eigenvalue weighted by Crippen LogP contribution is 2.30. The van der Waals surface area contributed by atoms with Gasteiger partial charge in [0.25, 0.3) is 0 Å². The Hall–Kier alpha value is -2.89. The minimum Gasteiger partial charge on any atom is -0.486 e. The highest BCUT2D eigenvalue weighted by atomic mass is 16.7. The zero-order valence-electron chi connectivity index (χ0n) is 11.1.